The van der Waals surface area contributed by atoms with Crippen molar-refractivity contribution in [1.29, 1.82) is 0 Å². The van der Waals surface area contributed by atoms with Crippen LogP contribution in [0.2, 0.25) is 0 Å². The molecule has 1 N–H and O–H groups in total. The Bertz CT molecular complexity index is 526. The first-order chi connectivity index (χ1) is 9.26. The molecule has 0 amide bonds. The number of ketones is 1. The molecule has 1 heterocycles. The maximum atomic E-state index is 12.4. The second-order valence-electron chi connectivity index (χ2n) is 6.44. The van der Waals surface area contributed by atoms with E-state index in [-0.39, 0.29) is 23.1 Å². The van der Waals surface area contributed by atoms with Crippen molar-refractivity contribution in [2.24, 2.45) is 11.3 Å². The largest absolute Gasteiger partial charge is 0.463 e. The fourth-order valence-electron chi connectivity index (χ4n) is 3.25. The molecule has 0 unspecified atom stereocenters. The van der Waals surface area contributed by atoms with Gasteiger partial charge in [-0.1, -0.05) is 20.8 Å². The summed E-state index contributed by atoms with van der Waals surface area (Å²) in [5, 5.41) is 3.26. The molecule has 2 aliphatic rings. The van der Waals surface area contributed by atoms with Gasteiger partial charge in [0.15, 0.2) is 5.78 Å². The Morgan fingerprint density at radius 1 is 1.40 bits per heavy atom. The van der Waals surface area contributed by atoms with Gasteiger partial charge in [0, 0.05) is 29.3 Å². The lowest BCUT2D eigenvalue weighted by molar-refractivity contribution is -0.139. The number of ether oxygens (including phenoxy) is 1. The maximum absolute atomic E-state index is 12.4. The average Bonchev–Trinajstić information content (AvgIpc) is 2.25. The van der Waals surface area contributed by atoms with E-state index in [1.165, 1.54) is 0 Å². The van der Waals surface area contributed by atoms with Gasteiger partial charge in [-0.3, -0.25) is 4.79 Å². The number of hydrogen-bond donors (Lipinski definition) is 1. The van der Waals surface area contributed by atoms with Gasteiger partial charge in [0.05, 0.1) is 12.2 Å². The van der Waals surface area contributed by atoms with Crippen molar-refractivity contribution < 1.29 is 14.3 Å². The third-order valence-corrected chi connectivity index (χ3v) is 4.02. The first kappa shape index (κ1) is 14.8. The van der Waals surface area contributed by atoms with E-state index in [0.717, 1.165) is 23.4 Å². The highest BCUT2D eigenvalue weighted by Crippen LogP contribution is 2.42. The molecule has 1 atom stereocenters. The van der Waals surface area contributed by atoms with Gasteiger partial charge in [-0.15, -0.1) is 0 Å². The van der Waals surface area contributed by atoms with Gasteiger partial charge in [0.1, 0.15) is 0 Å². The number of esters is 1. The van der Waals surface area contributed by atoms with Gasteiger partial charge in [-0.2, -0.15) is 0 Å². The summed E-state index contributed by atoms with van der Waals surface area (Å²) >= 11 is 0. The molecule has 0 spiro atoms. The van der Waals surface area contributed by atoms with Gasteiger partial charge in [-0.25, -0.2) is 4.79 Å². The highest BCUT2D eigenvalue weighted by molar-refractivity contribution is 6.02. The minimum absolute atomic E-state index is 0.0235. The Labute approximate surface area is 120 Å². The SMILES string of the molecule is CCOC(=O)C1=C(C)NC2=C(C(=O)CC(C)(C)C2)[C@@H]1C. The summed E-state index contributed by atoms with van der Waals surface area (Å²) in [5.74, 6) is -0.367. The zero-order valence-corrected chi connectivity index (χ0v) is 12.9. The van der Waals surface area contributed by atoms with Crippen molar-refractivity contribution in [2.45, 2.75) is 47.5 Å². The third kappa shape index (κ3) is 2.51. The molecule has 0 aromatic rings. The average molecular weight is 277 g/mol. The van der Waals surface area contributed by atoms with E-state index in [4.69, 9.17) is 4.74 Å². The second-order valence-corrected chi connectivity index (χ2v) is 6.44. The molecule has 1 aliphatic heterocycles. The Kier molecular flexibility index (Phi) is 3.76. The lowest BCUT2D eigenvalue weighted by Crippen LogP contribution is -2.38. The first-order valence-corrected chi connectivity index (χ1v) is 7.18. The highest BCUT2D eigenvalue weighted by Gasteiger charge is 2.40. The third-order valence-electron chi connectivity index (χ3n) is 4.02. The molecule has 0 radical (unpaired) electrons. The van der Waals surface area contributed by atoms with Gasteiger partial charge >= 0.3 is 5.97 Å². The quantitative estimate of drug-likeness (QED) is 0.788. The van der Waals surface area contributed by atoms with Gasteiger partial charge in [0.2, 0.25) is 0 Å². The Morgan fingerprint density at radius 2 is 2.05 bits per heavy atom. The van der Waals surface area contributed by atoms with Crippen LogP contribution in [0.1, 0.15) is 47.5 Å². The van der Waals surface area contributed by atoms with Crippen molar-refractivity contribution >= 4 is 11.8 Å². The molecule has 0 aromatic carbocycles. The molecule has 2 rings (SSSR count). The van der Waals surface area contributed by atoms with E-state index >= 15 is 0 Å². The monoisotopic (exact) mass is 277 g/mol. The fraction of sp³-hybridized carbons (Fsp3) is 0.625. The number of Topliss-reactive ketones (excluding diaryl/α,β-unsaturated/α-hetero) is 1. The maximum Gasteiger partial charge on any atom is 0.336 e. The van der Waals surface area contributed by atoms with Crippen LogP contribution in [0.5, 0.6) is 0 Å². The van der Waals surface area contributed by atoms with Crippen molar-refractivity contribution in [3.63, 3.8) is 0 Å². The zero-order valence-electron chi connectivity index (χ0n) is 12.9. The van der Waals surface area contributed by atoms with E-state index in [9.17, 15) is 9.59 Å². The lowest BCUT2D eigenvalue weighted by Gasteiger charge is -2.38. The molecule has 110 valence electrons. The first-order valence-electron chi connectivity index (χ1n) is 7.18. The van der Waals surface area contributed by atoms with Crippen LogP contribution in [0, 0.1) is 11.3 Å². The van der Waals surface area contributed by atoms with E-state index < -0.39 is 0 Å². The fourth-order valence-corrected chi connectivity index (χ4v) is 3.25. The van der Waals surface area contributed by atoms with Crippen LogP contribution in [0.4, 0.5) is 0 Å². The highest BCUT2D eigenvalue weighted by atomic mass is 16.5. The predicted octanol–water partition coefficient (Wildman–Crippen LogP) is 2.71. The number of carbonyl (C=O) groups is 2. The molecule has 0 saturated carbocycles. The van der Waals surface area contributed by atoms with E-state index in [2.05, 4.69) is 19.2 Å². The number of hydrogen-bond acceptors (Lipinski definition) is 4. The number of nitrogens with one attached hydrogen (secondary N) is 1. The number of rotatable bonds is 2. The summed E-state index contributed by atoms with van der Waals surface area (Å²) in [7, 11) is 0. The Morgan fingerprint density at radius 3 is 2.65 bits per heavy atom. The Balaban J connectivity index is 2.37. The van der Waals surface area contributed by atoms with Crippen LogP contribution in [0.15, 0.2) is 22.5 Å². The van der Waals surface area contributed by atoms with Crippen LogP contribution in [-0.4, -0.2) is 18.4 Å². The van der Waals surface area contributed by atoms with Crippen LogP contribution in [-0.2, 0) is 14.3 Å². The molecular weight excluding hydrogens is 254 g/mol. The summed E-state index contributed by atoms with van der Waals surface area (Å²) < 4.78 is 5.11. The van der Waals surface area contributed by atoms with Crippen LogP contribution >= 0.6 is 0 Å². The minimum Gasteiger partial charge on any atom is -0.463 e. The molecule has 0 bridgehead atoms. The molecule has 0 aromatic heterocycles. The normalized spacial score (nSPS) is 25.2. The van der Waals surface area contributed by atoms with E-state index in [1.54, 1.807) is 6.92 Å². The summed E-state index contributed by atoms with van der Waals surface area (Å²) in [6.45, 7) is 10.1. The molecule has 0 saturated heterocycles. The number of allylic oxidation sites excluding steroid dienone is 3. The van der Waals surface area contributed by atoms with Gasteiger partial charge in [0.25, 0.3) is 0 Å². The summed E-state index contributed by atoms with van der Waals surface area (Å²) in [6, 6.07) is 0. The predicted molar refractivity (Wildman–Crippen MR) is 76.7 cm³/mol. The number of dihydropyridines is 1. The van der Waals surface area contributed by atoms with Crippen LogP contribution in [0.3, 0.4) is 0 Å². The number of carbonyl (C=O) groups excluding carboxylic acids is 2. The summed E-state index contributed by atoms with van der Waals surface area (Å²) in [5.41, 5.74) is 3.10. The van der Waals surface area contributed by atoms with Crippen molar-refractivity contribution in [3.05, 3.63) is 22.5 Å². The molecule has 4 heteroatoms. The topological polar surface area (TPSA) is 55.4 Å². The zero-order chi connectivity index (χ0) is 15.1. The van der Waals surface area contributed by atoms with Crippen LogP contribution in [0.25, 0.3) is 0 Å². The van der Waals surface area contributed by atoms with Gasteiger partial charge < -0.3 is 10.1 Å². The smallest absolute Gasteiger partial charge is 0.336 e. The molecule has 4 nitrogen and oxygen atoms in total. The van der Waals surface area contributed by atoms with Crippen molar-refractivity contribution in [2.75, 3.05) is 6.61 Å². The Hall–Kier alpha value is -1.58. The van der Waals surface area contributed by atoms with Gasteiger partial charge in [-0.05, 0) is 25.7 Å². The molecule has 0 fully saturated rings. The van der Waals surface area contributed by atoms with Crippen LogP contribution < -0.4 is 5.32 Å². The minimum atomic E-state index is -0.325. The molecule has 20 heavy (non-hydrogen) atoms. The molecular formula is C16H23NO3. The summed E-state index contributed by atoms with van der Waals surface area (Å²) in [4.78, 5) is 24.5. The lowest BCUT2D eigenvalue weighted by atomic mass is 9.70. The molecule has 1 aliphatic carbocycles. The van der Waals surface area contributed by atoms with E-state index in [0.29, 0.717) is 18.6 Å². The van der Waals surface area contributed by atoms with E-state index in [1.807, 2.05) is 13.8 Å². The second kappa shape index (κ2) is 5.08. The van der Waals surface area contributed by atoms with Crippen molar-refractivity contribution in [3.8, 4) is 0 Å². The van der Waals surface area contributed by atoms with Crippen molar-refractivity contribution in [1.82, 2.24) is 5.32 Å². The summed E-state index contributed by atoms with van der Waals surface area (Å²) in [6.07, 6.45) is 1.37. The standard InChI is InChI=1S/C16H23NO3/c1-6-20-15(19)13-9(2)14-11(17-10(13)3)7-16(4,5)8-12(14)18/h9,17H,6-8H2,1-5H3/t9-/m1/s1.